The summed E-state index contributed by atoms with van der Waals surface area (Å²) >= 11 is 0. The summed E-state index contributed by atoms with van der Waals surface area (Å²) in [4.78, 5) is 4.82. The van der Waals surface area contributed by atoms with Crippen molar-refractivity contribution in [2.24, 2.45) is 0 Å². The van der Waals surface area contributed by atoms with Crippen LogP contribution in [0.4, 0.5) is 34.1 Å². The molecule has 0 spiro atoms. The fraction of sp³-hybridized carbons (Fsp3) is 0.0189. The summed E-state index contributed by atoms with van der Waals surface area (Å²) in [5.74, 6) is 0. The quantitative estimate of drug-likeness (QED) is 0.170. The summed E-state index contributed by atoms with van der Waals surface area (Å²) < 4.78 is 2.60. The van der Waals surface area contributed by atoms with Crippen LogP contribution in [0.2, 0.25) is 0 Å². The van der Waals surface area contributed by atoms with Crippen LogP contribution in [-0.2, 0) is 5.54 Å². The Balaban J connectivity index is 1.15. The van der Waals surface area contributed by atoms with Gasteiger partial charge in [-0.25, -0.2) is 0 Å². The van der Waals surface area contributed by atoms with Crippen molar-refractivity contribution in [2.75, 3.05) is 9.80 Å². The summed E-state index contributed by atoms with van der Waals surface area (Å²) in [5.41, 5.74) is 12.2. The molecular weight excluding hydrogens is 679 g/mol. The number of para-hydroxylation sites is 5. The molecule has 1 aromatic heterocycles. The molecule has 0 fully saturated rings. The van der Waals surface area contributed by atoms with Crippen molar-refractivity contribution < 1.29 is 0 Å². The molecule has 0 N–H and O–H groups in total. The van der Waals surface area contributed by atoms with Gasteiger partial charge < -0.3 is 14.4 Å². The molecule has 264 valence electrons. The van der Waals surface area contributed by atoms with Crippen molar-refractivity contribution in [3.05, 3.63) is 241 Å². The summed E-state index contributed by atoms with van der Waals surface area (Å²) in [5, 5.41) is 4.93. The van der Waals surface area contributed by atoms with Crippen molar-refractivity contribution in [1.82, 2.24) is 4.57 Å². The first kappa shape index (κ1) is 32.1. The number of hydrogen-bond donors (Lipinski definition) is 0. The van der Waals surface area contributed by atoms with Gasteiger partial charge in [-0.05, 0) is 77.7 Å². The van der Waals surface area contributed by atoms with Crippen molar-refractivity contribution in [1.29, 1.82) is 0 Å². The van der Waals surface area contributed by atoms with Gasteiger partial charge in [-0.1, -0.05) is 158 Å². The Morgan fingerprint density at radius 1 is 0.357 bits per heavy atom. The van der Waals surface area contributed by atoms with Gasteiger partial charge in [0.05, 0.1) is 28.1 Å². The molecule has 0 saturated carbocycles. The van der Waals surface area contributed by atoms with E-state index in [0.29, 0.717) is 0 Å². The van der Waals surface area contributed by atoms with E-state index < -0.39 is 5.54 Å². The highest BCUT2D eigenvalue weighted by Gasteiger charge is 2.47. The van der Waals surface area contributed by atoms with Crippen LogP contribution in [0.3, 0.4) is 0 Å². The SMILES string of the molecule is c1ccc(N(c2ccc(N3c4ccccc4C(c4ccccc4)(n4c5ccccc5c5ccccc54)c4ccccc43)cc2)c2cccc3ccccc23)cc1. The van der Waals surface area contributed by atoms with Crippen molar-refractivity contribution in [2.45, 2.75) is 5.54 Å². The number of anilines is 6. The number of nitrogens with zero attached hydrogens (tertiary/aromatic N) is 3. The third-order valence-corrected chi connectivity index (χ3v) is 11.6. The molecule has 1 aliphatic rings. The molecule has 11 rings (SSSR count). The Labute approximate surface area is 326 Å². The lowest BCUT2D eigenvalue weighted by atomic mass is 9.72. The standard InChI is InChI=1S/C53H37N3/c1-3-20-39(21-4-1)53(56-49-29-13-9-25-44(49)45-26-10-14-30-50(45)56)46-27-11-15-31-51(46)55(52-32-16-12-28-47(52)53)42-36-34-41(35-37-42)54(40-22-5-2-6-23-40)48-33-17-19-38-18-7-8-24-43(38)48/h1-37H. The Kier molecular flexibility index (Phi) is 7.39. The van der Waals surface area contributed by atoms with E-state index in [0.717, 1.165) is 34.1 Å². The number of benzene rings is 9. The van der Waals surface area contributed by atoms with Crippen LogP contribution in [-0.4, -0.2) is 4.57 Å². The van der Waals surface area contributed by atoms with Crippen molar-refractivity contribution >= 4 is 66.7 Å². The molecule has 56 heavy (non-hydrogen) atoms. The molecule has 0 radical (unpaired) electrons. The van der Waals surface area contributed by atoms with E-state index in [1.807, 2.05) is 0 Å². The Morgan fingerprint density at radius 2 is 0.839 bits per heavy atom. The van der Waals surface area contributed by atoms with Gasteiger partial charge in [-0.15, -0.1) is 0 Å². The van der Waals surface area contributed by atoms with Gasteiger partial charge in [-0.3, -0.25) is 0 Å². The first-order chi connectivity index (χ1) is 27.8. The van der Waals surface area contributed by atoms with Gasteiger partial charge in [-0.2, -0.15) is 0 Å². The molecule has 0 bridgehead atoms. The number of aromatic nitrogens is 1. The zero-order valence-electron chi connectivity index (χ0n) is 30.7. The largest absolute Gasteiger partial charge is 0.322 e. The summed E-state index contributed by atoms with van der Waals surface area (Å²) in [6.07, 6.45) is 0. The molecule has 3 nitrogen and oxygen atoms in total. The molecule has 0 amide bonds. The molecule has 10 aromatic rings. The predicted octanol–water partition coefficient (Wildman–Crippen LogP) is 14.0. The van der Waals surface area contributed by atoms with Gasteiger partial charge in [0.1, 0.15) is 5.54 Å². The van der Waals surface area contributed by atoms with E-state index in [4.69, 9.17) is 0 Å². The van der Waals surface area contributed by atoms with Crippen LogP contribution in [0.15, 0.2) is 224 Å². The maximum absolute atomic E-state index is 2.60. The van der Waals surface area contributed by atoms with E-state index in [-0.39, 0.29) is 0 Å². The molecule has 3 heteroatoms. The van der Waals surface area contributed by atoms with E-state index in [2.05, 4.69) is 239 Å². The average Bonchev–Trinajstić information content (AvgIpc) is 3.61. The highest BCUT2D eigenvalue weighted by atomic mass is 15.2. The van der Waals surface area contributed by atoms with Crippen LogP contribution < -0.4 is 9.80 Å². The lowest BCUT2D eigenvalue weighted by Crippen LogP contribution is -2.42. The van der Waals surface area contributed by atoms with E-state index >= 15 is 0 Å². The lowest BCUT2D eigenvalue weighted by Gasteiger charge is -2.47. The molecule has 0 unspecified atom stereocenters. The second-order valence-corrected chi connectivity index (χ2v) is 14.5. The maximum atomic E-state index is 2.60. The minimum Gasteiger partial charge on any atom is -0.322 e. The summed E-state index contributed by atoms with van der Waals surface area (Å²) in [6, 6.07) is 81.7. The van der Waals surface area contributed by atoms with Crippen molar-refractivity contribution in [3.63, 3.8) is 0 Å². The molecule has 0 atom stereocenters. The molecule has 0 aliphatic carbocycles. The third kappa shape index (κ3) is 4.71. The van der Waals surface area contributed by atoms with E-state index in [1.54, 1.807) is 0 Å². The highest BCUT2D eigenvalue weighted by molar-refractivity contribution is 6.09. The van der Waals surface area contributed by atoms with Crippen molar-refractivity contribution in [3.8, 4) is 0 Å². The average molecular weight is 716 g/mol. The van der Waals surface area contributed by atoms with Crippen LogP contribution in [0.25, 0.3) is 32.6 Å². The number of hydrogen-bond acceptors (Lipinski definition) is 2. The summed E-state index contributed by atoms with van der Waals surface area (Å²) in [7, 11) is 0. The lowest BCUT2D eigenvalue weighted by molar-refractivity contribution is 0.544. The van der Waals surface area contributed by atoms with Gasteiger partial charge in [0.25, 0.3) is 0 Å². The maximum Gasteiger partial charge on any atom is 0.125 e. The van der Waals surface area contributed by atoms with Crippen LogP contribution >= 0.6 is 0 Å². The normalized spacial score (nSPS) is 13.1. The molecule has 0 saturated heterocycles. The second kappa shape index (κ2) is 12.9. The second-order valence-electron chi connectivity index (χ2n) is 14.5. The number of rotatable bonds is 6. The molecule has 1 aliphatic heterocycles. The van der Waals surface area contributed by atoms with E-state index in [1.165, 1.54) is 49.3 Å². The van der Waals surface area contributed by atoms with Crippen LogP contribution in [0, 0.1) is 0 Å². The molecule has 9 aromatic carbocycles. The van der Waals surface area contributed by atoms with Crippen LogP contribution in [0.5, 0.6) is 0 Å². The number of fused-ring (bicyclic) bond motifs is 6. The monoisotopic (exact) mass is 715 g/mol. The first-order valence-corrected chi connectivity index (χ1v) is 19.3. The molecular formula is C53H37N3. The third-order valence-electron chi connectivity index (χ3n) is 11.6. The Morgan fingerprint density at radius 3 is 1.48 bits per heavy atom. The fourth-order valence-corrected chi connectivity index (χ4v) is 9.30. The van der Waals surface area contributed by atoms with Gasteiger partial charge in [0.2, 0.25) is 0 Å². The Hall–Kier alpha value is -7.36. The molecule has 2 heterocycles. The zero-order valence-corrected chi connectivity index (χ0v) is 30.7. The van der Waals surface area contributed by atoms with Gasteiger partial charge in [0, 0.05) is 44.3 Å². The minimum atomic E-state index is -0.675. The predicted molar refractivity (Wildman–Crippen MR) is 234 cm³/mol. The Bertz CT molecular complexity index is 2930. The van der Waals surface area contributed by atoms with E-state index in [9.17, 15) is 0 Å². The topological polar surface area (TPSA) is 11.4 Å². The zero-order chi connectivity index (χ0) is 37.1. The highest BCUT2D eigenvalue weighted by Crippen LogP contribution is 2.57. The van der Waals surface area contributed by atoms with Crippen LogP contribution in [0.1, 0.15) is 16.7 Å². The minimum absolute atomic E-state index is 0.675. The summed E-state index contributed by atoms with van der Waals surface area (Å²) in [6.45, 7) is 0. The fourth-order valence-electron chi connectivity index (χ4n) is 9.30. The first-order valence-electron chi connectivity index (χ1n) is 19.3. The van der Waals surface area contributed by atoms with Gasteiger partial charge >= 0.3 is 0 Å². The van der Waals surface area contributed by atoms with Gasteiger partial charge in [0.15, 0.2) is 0 Å². The smallest absolute Gasteiger partial charge is 0.125 e.